The Morgan fingerprint density at radius 3 is 2.79 bits per heavy atom. The fraction of sp³-hybridized carbons (Fsp3) is 0.667. The molecular formula is C12H20N4O3. The van der Waals surface area contributed by atoms with Crippen LogP contribution in [0.4, 0.5) is 11.6 Å². The minimum Gasteiger partial charge on any atom is -0.470 e. The molecule has 1 aromatic heterocycles. The molecule has 0 aliphatic heterocycles. The van der Waals surface area contributed by atoms with Crippen molar-refractivity contribution in [2.75, 3.05) is 11.9 Å². The Kier molecular flexibility index (Phi) is 5.98. The van der Waals surface area contributed by atoms with E-state index >= 15 is 0 Å². The van der Waals surface area contributed by atoms with E-state index in [0.717, 1.165) is 19.3 Å². The van der Waals surface area contributed by atoms with Gasteiger partial charge in [-0.1, -0.05) is 20.3 Å². The zero-order valence-corrected chi connectivity index (χ0v) is 11.5. The summed E-state index contributed by atoms with van der Waals surface area (Å²) in [5, 5.41) is 13.9. The Labute approximate surface area is 112 Å². The van der Waals surface area contributed by atoms with Crippen molar-refractivity contribution in [3.05, 3.63) is 16.3 Å². The van der Waals surface area contributed by atoms with Gasteiger partial charge in [0.25, 0.3) is 5.88 Å². The molecule has 0 aromatic carbocycles. The zero-order valence-electron chi connectivity index (χ0n) is 11.5. The van der Waals surface area contributed by atoms with Gasteiger partial charge in [-0.2, -0.15) is 4.98 Å². The van der Waals surface area contributed by atoms with Crippen LogP contribution in [0.2, 0.25) is 0 Å². The summed E-state index contributed by atoms with van der Waals surface area (Å²) in [6.07, 6.45) is 3.75. The van der Waals surface area contributed by atoms with E-state index < -0.39 is 4.92 Å². The Morgan fingerprint density at radius 1 is 1.47 bits per heavy atom. The smallest absolute Gasteiger partial charge is 0.349 e. The molecule has 1 rings (SSSR count). The highest BCUT2D eigenvalue weighted by atomic mass is 16.6. The lowest BCUT2D eigenvalue weighted by Crippen LogP contribution is -2.14. The van der Waals surface area contributed by atoms with Crippen LogP contribution in [0.5, 0.6) is 5.88 Å². The summed E-state index contributed by atoms with van der Waals surface area (Å²) in [5.41, 5.74) is -0.204. The van der Waals surface area contributed by atoms with Crippen LogP contribution >= 0.6 is 0 Å². The van der Waals surface area contributed by atoms with E-state index in [4.69, 9.17) is 4.74 Å². The van der Waals surface area contributed by atoms with Gasteiger partial charge in [0.05, 0.1) is 11.0 Å². The second kappa shape index (κ2) is 7.50. The molecule has 0 saturated carbocycles. The fourth-order valence-electron chi connectivity index (χ4n) is 1.55. The summed E-state index contributed by atoms with van der Waals surface area (Å²) in [5.74, 6) is 0.380. The number of hydrogen-bond acceptors (Lipinski definition) is 6. The third kappa shape index (κ3) is 4.69. The Bertz CT molecular complexity index is 425. The van der Waals surface area contributed by atoms with Crippen molar-refractivity contribution in [1.82, 2.24) is 9.97 Å². The van der Waals surface area contributed by atoms with Gasteiger partial charge < -0.3 is 10.1 Å². The molecule has 1 N–H and O–H groups in total. The predicted octanol–water partition coefficient (Wildman–Crippen LogP) is 2.77. The molecule has 0 amide bonds. The van der Waals surface area contributed by atoms with Crippen LogP contribution in [-0.2, 0) is 0 Å². The Hall–Kier alpha value is -1.92. The fourth-order valence-corrected chi connectivity index (χ4v) is 1.55. The summed E-state index contributed by atoms with van der Waals surface area (Å²) >= 11 is 0. The van der Waals surface area contributed by atoms with Crippen LogP contribution in [0, 0.1) is 10.1 Å². The number of aromatic nitrogens is 2. The highest BCUT2D eigenvalue weighted by Crippen LogP contribution is 2.26. The molecule has 106 valence electrons. The average Bonchev–Trinajstić information content (AvgIpc) is 2.36. The van der Waals surface area contributed by atoms with Gasteiger partial charge in [-0.05, 0) is 19.8 Å². The molecular weight excluding hydrogens is 248 g/mol. The summed E-state index contributed by atoms with van der Waals surface area (Å²) in [6.45, 7) is 6.62. The van der Waals surface area contributed by atoms with Gasteiger partial charge in [0, 0.05) is 6.54 Å². The maximum Gasteiger partial charge on any atom is 0.349 e. The Morgan fingerprint density at radius 2 is 2.21 bits per heavy atom. The van der Waals surface area contributed by atoms with Gasteiger partial charge in [0.2, 0.25) is 5.95 Å². The molecule has 7 heteroatoms. The van der Waals surface area contributed by atoms with Gasteiger partial charge in [0.15, 0.2) is 0 Å². The number of ether oxygens (including phenoxy) is 1. The van der Waals surface area contributed by atoms with E-state index in [9.17, 15) is 10.1 Å². The maximum atomic E-state index is 10.9. The quantitative estimate of drug-likeness (QED) is 0.576. The number of nitro groups is 1. The van der Waals surface area contributed by atoms with Crippen molar-refractivity contribution < 1.29 is 9.66 Å². The van der Waals surface area contributed by atoms with E-state index in [0.29, 0.717) is 12.5 Å². The van der Waals surface area contributed by atoms with Crippen LogP contribution in [0.3, 0.4) is 0 Å². The minimum atomic E-state index is -0.530. The molecule has 1 unspecified atom stereocenters. The van der Waals surface area contributed by atoms with E-state index in [2.05, 4.69) is 15.3 Å². The summed E-state index contributed by atoms with van der Waals surface area (Å²) < 4.78 is 5.54. The molecule has 0 spiro atoms. The molecule has 1 atom stereocenters. The van der Waals surface area contributed by atoms with E-state index in [-0.39, 0.29) is 17.7 Å². The summed E-state index contributed by atoms with van der Waals surface area (Å²) in [7, 11) is 0. The zero-order chi connectivity index (χ0) is 14.3. The van der Waals surface area contributed by atoms with Crippen molar-refractivity contribution >= 4 is 11.6 Å². The van der Waals surface area contributed by atoms with Crippen LogP contribution in [0.25, 0.3) is 0 Å². The molecule has 1 heterocycles. The first-order chi connectivity index (χ1) is 9.08. The first kappa shape index (κ1) is 15.1. The second-order valence-corrected chi connectivity index (χ2v) is 4.29. The topological polar surface area (TPSA) is 90.2 Å². The molecule has 0 aliphatic carbocycles. The van der Waals surface area contributed by atoms with Crippen LogP contribution in [0.1, 0.15) is 40.0 Å². The maximum absolute atomic E-state index is 10.9. The number of hydrogen-bond donors (Lipinski definition) is 1. The van der Waals surface area contributed by atoms with Crippen molar-refractivity contribution in [3.8, 4) is 5.88 Å². The number of rotatable bonds is 8. The van der Waals surface area contributed by atoms with Crippen molar-refractivity contribution in [1.29, 1.82) is 0 Å². The molecule has 0 bridgehead atoms. The van der Waals surface area contributed by atoms with Gasteiger partial charge >= 0.3 is 5.69 Å². The normalized spacial score (nSPS) is 11.9. The number of nitrogens with one attached hydrogen (secondary N) is 1. The summed E-state index contributed by atoms with van der Waals surface area (Å²) in [4.78, 5) is 18.4. The molecule has 0 radical (unpaired) electrons. The molecule has 0 saturated heterocycles. The van der Waals surface area contributed by atoms with Gasteiger partial charge in [-0.15, -0.1) is 0 Å². The average molecular weight is 268 g/mol. The highest BCUT2D eigenvalue weighted by Gasteiger charge is 2.20. The van der Waals surface area contributed by atoms with E-state index in [1.807, 2.05) is 20.8 Å². The van der Waals surface area contributed by atoms with Gasteiger partial charge in [-0.25, -0.2) is 4.98 Å². The molecule has 1 aromatic rings. The first-order valence-corrected chi connectivity index (χ1v) is 6.50. The van der Waals surface area contributed by atoms with E-state index in [1.165, 1.54) is 6.20 Å². The van der Waals surface area contributed by atoms with Crippen molar-refractivity contribution in [2.24, 2.45) is 0 Å². The largest absolute Gasteiger partial charge is 0.470 e. The Balaban J connectivity index is 2.91. The van der Waals surface area contributed by atoms with Gasteiger partial charge in [-0.3, -0.25) is 10.1 Å². The molecule has 7 nitrogen and oxygen atoms in total. The number of nitrogens with zero attached hydrogens (tertiary/aromatic N) is 3. The van der Waals surface area contributed by atoms with Crippen LogP contribution < -0.4 is 10.1 Å². The first-order valence-electron chi connectivity index (χ1n) is 6.50. The molecule has 0 fully saturated rings. The SMILES string of the molecule is CCCNc1ncc([N+](=O)[O-])c(OC(C)CCC)n1. The lowest BCUT2D eigenvalue weighted by molar-refractivity contribution is -0.386. The van der Waals surface area contributed by atoms with Crippen molar-refractivity contribution in [2.45, 2.75) is 46.1 Å². The van der Waals surface area contributed by atoms with Crippen molar-refractivity contribution in [3.63, 3.8) is 0 Å². The lowest BCUT2D eigenvalue weighted by Gasteiger charge is -2.13. The van der Waals surface area contributed by atoms with Crippen LogP contribution in [-0.4, -0.2) is 27.5 Å². The highest BCUT2D eigenvalue weighted by molar-refractivity contribution is 5.43. The van der Waals surface area contributed by atoms with Crippen LogP contribution in [0.15, 0.2) is 6.20 Å². The lowest BCUT2D eigenvalue weighted by atomic mass is 10.2. The monoisotopic (exact) mass is 268 g/mol. The molecule has 0 aliphatic rings. The van der Waals surface area contributed by atoms with E-state index in [1.54, 1.807) is 0 Å². The third-order valence-electron chi connectivity index (χ3n) is 2.47. The summed E-state index contributed by atoms with van der Waals surface area (Å²) in [6, 6.07) is 0. The third-order valence-corrected chi connectivity index (χ3v) is 2.47. The minimum absolute atomic E-state index is 0.0274. The van der Waals surface area contributed by atoms with Gasteiger partial charge in [0.1, 0.15) is 6.20 Å². The number of anilines is 1. The standard InChI is InChI=1S/C12H20N4O3/c1-4-6-9(3)19-11-10(16(17)18)8-14-12(15-11)13-7-5-2/h8-9H,4-7H2,1-3H3,(H,13,14,15). The molecule has 19 heavy (non-hydrogen) atoms. The predicted molar refractivity (Wildman–Crippen MR) is 72.5 cm³/mol. The second-order valence-electron chi connectivity index (χ2n) is 4.29.